The Bertz CT molecular complexity index is 506. The van der Waals surface area contributed by atoms with Crippen molar-refractivity contribution in [2.75, 3.05) is 30.9 Å². The van der Waals surface area contributed by atoms with E-state index in [1.54, 1.807) is 0 Å². The molecule has 1 aromatic heterocycles. The van der Waals surface area contributed by atoms with E-state index >= 15 is 0 Å². The highest BCUT2D eigenvalue weighted by Gasteiger charge is 2.23. The summed E-state index contributed by atoms with van der Waals surface area (Å²) in [5.41, 5.74) is 8.39. The van der Waals surface area contributed by atoms with Gasteiger partial charge in [0.15, 0.2) is 0 Å². The van der Waals surface area contributed by atoms with Crippen molar-refractivity contribution in [3.8, 4) is 0 Å². The average Bonchev–Trinajstić information content (AvgIpc) is 2.54. The molecule has 0 bridgehead atoms. The van der Waals surface area contributed by atoms with E-state index in [1.165, 1.54) is 49.8 Å². The minimum Gasteiger partial charge on any atom is -0.362 e. The minimum absolute atomic E-state index is 0.499. The van der Waals surface area contributed by atoms with E-state index in [-0.39, 0.29) is 0 Å². The van der Waals surface area contributed by atoms with Gasteiger partial charge >= 0.3 is 0 Å². The van der Waals surface area contributed by atoms with Gasteiger partial charge in [0.2, 0.25) is 5.95 Å². The molecular weight excluding hydrogens is 274 g/mol. The smallest absolute Gasteiger partial charge is 0.225 e. The normalized spacial score (nSPS) is 24.7. The average molecular weight is 303 g/mol. The molecule has 0 atom stereocenters. The van der Waals surface area contributed by atoms with Gasteiger partial charge in [-0.05, 0) is 63.8 Å². The first-order valence-corrected chi connectivity index (χ1v) is 8.71. The molecule has 3 rings (SSSR count). The summed E-state index contributed by atoms with van der Waals surface area (Å²) in [5.74, 6) is 2.63. The first kappa shape index (κ1) is 15.5. The summed E-state index contributed by atoms with van der Waals surface area (Å²) in [6.07, 6.45) is 9.52. The molecule has 1 saturated carbocycles. The molecule has 5 heteroatoms. The molecule has 1 fully saturated rings. The molecule has 0 amide bonds. The number of aryl methyl sites for hydroxylation is 1. The lowest BCUT2D eigenvalue weighted by Gasteiger charge is -2.29. The number of aromatic nitrogens is 2. The summed E-state index contributed by atoms with van der Waals surface area (Å²) in [4.78, 5) is 11.7. The number of anilines is 2. The van der Waals surface area contributed by atoms with Crippen LogP contribution in [0.15, 0.2) is 0 Å². The van der Waals surface area contributed by atoms with Gasteiger partial charge in [0, 0.05) is 25.7 Å². The summed E-state index contributed by atoms with van der Waals surface area (Å²) in [6, 6.07) is 0.499. The zero-order chi connectivity index (χ0) is 15.5. The molecule has 2 aliphatic rings. The third-order valence-corrected chi connectivity index (χ3v) is 5.10. The van der Waals surface area contributed by atoms with Gasteiger partial charge in [-0.3, -0.25) is 0 Å². The van der Waals surface area contributed by atoms with E-state index in [2.05, 4.69) is 24.3 Å². The van der Waals surface area contributed by atoms with Gasteiger partial charge < -0.3 is 16.0 Å². The number of nitrogens with zero attached hydrogens (tertiary/aromatic N) is 3. The third kappa shape index (κ3) is 3.35. The van der Waals surface area contributed by atoms with Crippen LogP contribution in [0.25, 0.3) is 0 Å². The van der Waals surface area contributed by atoms with Crippen LogP contribution < -0.4 is 16.0 Å². The lowest BCUT2D eigenvalue weighted by Crippen LogP contribution is -2.30. The van der Waals surface area contributed by atoms with Crippen molar-refractivity contribution in [2.24, 2.45) is 11.7 Å². The Balaban J connectivity index is 1.75. The van der Waals surface area contributed by atoms with Gasteiger partial charge in [0.1, 0.15) is 5.82 Å². The van der Waals surface area contributed by atoms with Crippen LogP contribution in [0.3, 0.4) is 0 Å². The zero-order valence-electron chi connectivity index (χ0n) is 13.9. The molecule has 0 spiro atoms. The molecule has 0 saturated heterocycles. The quantitative estimate of drug-likeness (QED) is 0.894. The second-order valence-electron chi connectivity index (χ2n) is 7.00. The number of nitrogens with two attached hydrogens (primary N) is 1. The summed E-state index contributed by atoms with van der Waals surface area (Å²) in [5, 5.41) is 3.58. The number of nitrogens with one attached hydrogen (secondary N) is 1. The zero-order valence-corrected chi connectivity index (χ0v) is 13.9. The van der Waals surface area contributed by atoms with Crippen LogP contribution in [0.4, 0.5) is 11.8 Å². The van der Waals surface area contributed by atoms with Gasteiger partial charge in [-0.15, -0.1) is 0 Å². The van der Waals surface area contributed by atoms with E-state index in [0.29, 0.717) is 12.0 Å². The minimum atomic E-state index is 0.499. The second-order valence-corrected chi connectivity index (χ2v) is 7.00. The molecule has 1 heterocycles. The highest BCUT2D eigenvalue weighted by molar-refractivity contribution is 5.52. The molecular formula is C17H29N5. The molecule has 0 unspecified atom stereocenters. The molecule has 2 aliphatic carbocycles. The molecule has 22 heavy (non-hydrogen) atoms. The maximum Gasteiger partial charge on any atom is 0.225 e. The van der Waals surface area contributed by atoms with Crippen molar-refractivity contribution in [1.82, 2.24) is 9.97 Å². The van der Waals surface area contributed by atoms with Crippen molar-refractivity contribution in [2.45, 2.75) is 57.4 Å². The van der Waals surface area contributed by atoms with Crippen LogP contribution in [-0.2, 0) is 12.8 Å². The predicted molar refractivity (Wildman–Crippen MR) is 91.4 cm³/mol. The summed E-state index contributed by atoms with van der Waals surface area (Å²) < 4.78 is 0. The molecule has 3 N–H and O–H groups in total. The highest BCUT2D eigenvalue weighted by Crippen LogP contribution is 2.30. The van der Waals surface area contributed by atoms with Crippen LogP contribution in [0.5, 0.6) is 0 Å². The Morgan fingerprint density at radius 2 is 1.82 bits per heavy atom. The molecule has 0 aliphatic heterocycles. The molecule has 0 aromatic carbocycles. The third-order valence-electron chi connectivity index (χ3n) is 5.10. The number of fused-ring (bicyclic) bond motifs is 1. The first-order chi connectivity index (χ1) is 10.7. The Morgan fingerprint density at radius 1 is 1.09 bits per heavy atom. The van der Waals surface area contributed by atoms with E-state index in [0.717, 1.165) is 31.2 Å². The summed E-state index contributed by atoms with van der Waals surface area (Å²) >= 11 is 0. The van der Waals surface area contributed by atoms with Gasteiger partial charge in [0.05, 0.1) is 5.69 Å². The fraction of sp³-hybridized carbons (Fsp3) is 0.765. The Labute approximate surface area is 133 Å². The summed E-state index contributed by atoms with van der Waals surface area (Å²) in [6.45, 7) is 0.826. The topological polar surface area (TPSA) is 67.1 Å². The fourth-order valence-corrected chi connectivity index (χ4v) is 3.73. The van der Waals surface area contributed by atoms with E-state index < -0.39 is 0 Å². The number of rotatable bonds is 4. The Kier molecular flexibility index (Phi) is 4.81. The lowest BCUT2D eigenvalue weighted by atomic mass is 9.86. The maximum atomic E-state index is 5.78. The van der Waals surface area contributed by atoms with Gasteiger partial charge in [-0.25, -0.2) is 4.98 Å². The fourth-order valence-electron chi connectivity index (χ4n) is 3.73. The van der Waals surface area contributed by atoms with E-state index in [1.807, 2.05) is 0 Å². The molecule has 5 nitrogen and oxygen atoms in total. The van der Waals surface area contributed by atoms with Crippen molar-refractivity contribution in [3.05, 3.63) is 11.3 Å². The van der Waals surface area contributed by atoms with Crippen molar-refractivity contribution in [1.29, 1.82) is 0 Å². The van der Waals surface area contributed by atoms with Crippen LogP contribution in [-0.4, -0.2) is 36.6 Å². The van der Waals surface area contributed by atoms with Crippen molar-refractivity contribution < 1.29 is 0 Å². The predicted octanol–water partition coefficient (Wildman–Crippen LogP) is 2.35. The number of hydrogen-bond donors (Lipinski definition) is 2. The largest absolute Gasteiger partial charge is 0.362 e. The number of hydrogen-bond acceptors (Lipinski definition) is 5. The van der Waals surface area contributed by atoms with E-state index in [4.69, 9.17) is 15.7 Å². The van der Waals surface area contributed by atoms with Gasteiger partial charge in [0.25, 0.3) is 0 Å². The van der Waals surface area contributed by atoms with Crippen LogP contribution >= 0.6 is 0 Å². The van der Waals surface area contributed by atoms with Gasteiger partial charge in [-0.1, -0.05) is 0 Å². The Hall–Kier alpha value is -1.36. The van der Waals surface area contributed by atoms with E-state index in [9.17, 15) is 0 Å². The van der Waals surface area contributed by atoms with Gasteiger partial charge in [-0.2, -0.15) is 4.98 Å². The molecule has 1 aromatic rings. The SMILES string of the molecule is CN(C)c1nc(NC2CCC(CN)CC2)nc2c1CCCC2. The first-order valence-electron chi connectivity index (χ1n) is 8.71. The molecule has 122 valence electrons. The van der Waals surface area contributed by atoms with Crippen LogP contribution in [0, 0.1) is 5.92 Å². The van der Waals surface area contributed by atoms with Crippen molar-refractivity contribution in [3.63, 3.8) is 0 Å². The summed E-state index contributed by atoms with van der Waals surface area (Å²) in [7, 11) is 4.15. The lowest BCUT2D eigenvalue weighted by molar-refractivity contribution is 0.344. The molecule has 0 radical (unpaired) electrons. The maximum absolute atomic E-state index is 5.78. The van der Waals surface area contributed by atoms with Crippen LogP contribution in [0.1, 0.15) is 49.8 Å². The van der Waals surface area contributed by atoms with Crippen LogP contribution in [0.2, 0.25) is 0 Å². The Morgan fingerprint density at radius 3 is 2.50 bits per heavy atom. The van der Waals surface area contributed by atoms with Crippen molar-refractivity contribution >= 4 is 11.8 Å². The monoisotopic (exact) mass is 303 g/mol. The second kappa shape index (κ2) is 6.82. The highest BCUT2D eigenvalue weighted by atomic mass is 15.2. The standard InChI is InChI=1S/C17H29N5/c1-22(2)16-14-5-3-4-6-15(14)20-17(21-16)19-13-9-7-12(11-18)8-10-13/h12-13H,3-11,18H2,1-2H3,(H,19,20,21).